The van der Waals surface area contributed by atoms with Crippen LogP contribution in [0.15, 0.2) is 95.7 Å². The summed E-state index contributed by atoms with van der Waals surface area (Å²) in [6.07, 6.45) is 0. The third-order valence-corrected chi connectivity index (χ3v) is 8.37. The summed E-state index contributed by atoms with van der Waals surface area (Å²) in [4.78, 5) is 52.1. The van der Waals surface area contributed by atoms with Gasteiger partial charge >= 0.3 is 11.9 Å². The van der Waals surface area contributed by atoms with Crippen LogP contribution < -0.4 is 10.6 Å². The first kappa shape index (κ1) is 30.4. The molecule has 0 fully saturated rings. The monoisotopic (exact) mass is 624 g/mol. The number of hydrogen-bond donors (Lipinski definition) is 2. The lowest BCUT2D eigenvalue weighted by molar-refractivity contribution is 0.0519. The maximum absolute atomic E-state index is 13.2. The van der Waals surface area contributed by atoms with Crippen LogP contribution in [0.3, 0.4) is 0 Å². The number of nitrogens with one attached hydrogen (secondary N) is 2. The summed E-state index contributed by atoms with van der Waals surface area (Å²) in [6, 6.07) is 24.9. The third-order valence-electron chi connectivity index (χ3n) is 6.57. The van der Waals surface area contributed by atoms with Gasteiger partial charge in [-0.15, -0.1) is 22.7 Å². The Morgan fingerprint density at radius 2 is 0.932 bits per heavy atom. The number of rotatable bonds is 10. The van der Waals surface area contributed by atoms with E-state index >= 15 is 0 Å². The lowest BCUT2D eigenvalue weighted by atomic mass is 10.0. The predicted molar refractivity (Wildman–Crippen MR) is 174 cm³/mol. The minimum atomic E-state index is -0.527. The molecule has 5 rings (SSSR count). The van der Waals surface area contributed by atoms with Gasteiger partial charge in [0, 0.05) is 33.0 Å². The second-order valence-corrected chi connectivity index (χ2v) is 11.1. The van der Waals surface area contributed by atoms with Crippen LogP contribution in [0.25, 0.3) is 22.3 Å². The van der Waals surface area contributed by atoms with Gasteiger partial charge in [0.15, 0.2) is 0 Å². The van der Waals surface area contributed by atoms with E-state index in [9.17, 15) is 19.2 Å². The van der Waals surface area contributed by atoms with Gasteiger partial charge in [-0.25, -0.2) is 9.59 Å². The molecular weight excluding hydrogens is 597 g/mol. The molecule has 0 aliphatic heterocycles. The number of thiophene rings is 2. The SMILES string of the molecule is CCOC(=O)c1c(-c2ccccc2)csc1NC(=O)c1ccc(C(=O)Nc2scc(-c3ccccc3)c2C(=O)OCC)cc1. The van der Waals surface area contributed by atoms with Crippen molar-refractivity contribution in [1.82, 2.24) is 0 Å². The topological polar surface area (TPSA) is 111 Å². The van der Waals surface area contributed by atoms with Crippen LogP contribution in [-0.4, -0.2) is 37.0 Å². The van der Waals surface area contributed by atoms with Gasteiger partial charge < -0.3 is 20.1 Å². The second kappa shape index (κ2) is 13.9. The van der Waals surface area contributed by atoms with E-state index in [1.165, 1.54) is 46.9 Å². The molecule has 0 saturated heterocycles. The fourth-order valence-electron chi connectivity index (χ4n) is 4.50. The molecular formula is C34H28N2O6S2. The van der Waals surface area contributed by atoms with Crippen LogP contribution in [0.5, 0.6) is 0 Å². The van der Waals surface area contributed by atoms with E-state index in [0.717, 1.165) is 11.1 Å². The fraction of sp³-hybridized carbons (Fsp3) is 0.118. The molecule has 3 aromatic carbocycles. The van der Waals surface area contributed by atoms with Crippen molar-refractivity contribution in [3.8, 4) is 22.3 Å². The zero-order valence-corrected chi connectivity index (χ0v) is 25.6. The van der Waals surface area contributed by atoms with Crippen LogP contribution in [0.4, 0.5) is 10.0 Å². The van der Waals surface area contributed by atoms with Crippen molar-refractivity contribution in [3.05, 3.63) is 118 Å². The maximum Gasteiger partial charge on any atom is 0.341 e. The molecule has 8 nitrogen and oxygen atoms in total. The molecule has 0 saturated carbocycles. The average Bonchev–Trinajstić information content (AvgIpc) is 3.66. The minimum Gasteiger partial charge on any atom is -0.462 e. The Kier molecular flexibility index (Phi) is 9.63. The second-order valence-electron chi connectivity index (χ2n) is 9.37. The van der Waals surface area contributed by atoms with Crippen LogP contribution in [0.2, 0.25) is 0 Å². The highest BCUT2D eigenvalue weighted by Crippen LogP contribution is 2.38. The summed E-state index contributed by atoms with van der Waals surface area (Å²) >= 11 is 2.46. The summed E-state index contributed by atoms with van der Waals surface area (Å²) in [6.45, 7) is 3.84. The molecule has 0 radical (unpaired) electrons. The summed E-state index contributed by atoms with van der Waals surface area (Å²) in [5.41, 5.74) is 4.16. The summed E-state index contributed by atoms with van der Waals surface area (Å²) < 4.78 is 10.5. The van der Waals surface area contributed by atoms with Crippen LogP contribution in [0.1, 0.15) is 55.3 Å². The molecule has 2 heterocycles. The van der Waals surface area contributed by atoms with Crippen LogP contribution in [-0.2, 0) is 9.47 Å². The fourth-order valence-corrected chi connectivity index (χ4v) is 6.40. The van der Waals surface area contributed by atoms with Crippen molar-refractivity contribution < 1.29 is 28.7 Å². The molecule has 5 aromatic rings. The standard InChI is InChI=1S/C34H28N2O6S2/c1-3-41-33(39)27-25(21-11-7-5-8-12-21)19-43-31(27)35-29(37)23-15-17-24(18-16-23)30(38)36-32-28(34(40)42-4-2)26(20-44-32)22-13-9-6-10-14-22/h5-20H,3-4H2,1-2H3,(H,35,37)(H,36,38). The summed E-state index contributed by atoms with van der Waals surface area (Å²) in [7, 11) is 0. The number of esters is 2. The summed E-state index contributed by atoms with van der Waals surface area (Å²) in [5.74, 6) is -1.94. The minimum absolute atomic E-state index is 0.195. The lowest BCUT2D eigenvalue weighted by Gasteiger charge is -2.10. The lowest BCUT2D eigenvalue weighted by Crippen LogP contribution is -2.16. The highest BCUT2D eigenvalue weighted by Gasteiger charge is 2.25. The Bertz CT molecular complexity index is 1660. The number of carbonyl (C=O) groups excluding carboxylic acids is 4. The van der Waals surface area contributed by atoms with E-state index in [1.807, 2.05) is 71.4 Å². The molecule has 2 N–H and O–H groups in total. The first-order chi connectivity index (χ1) is 21.4. The third kappa shape index (κ3) is 6.61. The van der Waals surface area contributed by atoms with Gasteiger partial charge in [0.1, 0.15) is 21.1 Å². The van der Waals surface area contributed by atoms with Crippen molar-refractivity contribution in [2.75, 3.05) is 23.8 Å². The van der Waals surface area contributed by atoms with Crippen LogP contribution in [0, 0.1) is 0 Å². The zero-order valence-electron chi connectivity index (χ0n) is 23.9. The Morgan fingerprint density at radius 3 is 1.27 bits per heavy atom. The van der Waals surface area contributed by atoms with Gasteiger partial charge in [0.25, 0.3) is 11.8 Å². The molecule has 2 aromatic heterocycles. The number of hydrogen-bond acceptors (Lipinski definition) is 8. The largest absolute Gasteiger partial charge is 0.462 e. The smallest absolute Gasteiger partial charge is 0.341 e. The highest BCUT2D eigenvalue weighted by molar-refractivity contribution is 7.15. The number of ether oxygens (including phenoxy) is 2. The molecule has 0 unspecified atom stereocenters. The molecule has 222 valence electrons. The molecule has 10 heteroatoms. The van der Waals surface area contributed by atoms with E-state index in [4.69, 9.17) is 9.47 Å². The molecule has 0 spiro atoms. The van der Waals surface area contributed by atoms with E-state index in [0.29, 0.717) is 32.3 Å². The Balaban J connectivity index is 1.34. The number of benzene rings is 3. The quantitative estimate of drug-likeness (QED) is 0.152. The molecule has 0 atom stereocenters. The molecule has 44 heavy (non-hydrogen) atoms. The van der Waals surface area contributed by atoms with Crippen molar-refractivity contribution in [2.45, 2.75) is 13.8 Å². The Morgan fingerprint density at radius 1 is 0.568 bits per heavy atom. The normalized spacial score (nSPS) is 10.6. The molecule has 0 bridgehead atoms. The number of anilines is 2. The van der Waals surface area contributed by atoms with Crippen molar-refractivity contribution in [3.63, 3.8) is 0 Å². The number of carbonyl (C=O) groups is 4. The molecule has 2 amide bonds. The summed E-state index contributed by atoms with van der Waals surface area (Å²) in [5, 5.41) is 10.0. The maximum atomic E-state index is 13.2. The van der Waals surface area contributed by atoms with Gasteiger partial charge in [0.2, 0.25) is 0 Å². The van der Waals surface area contributed by atoms with E-state index in [1.54, 1.807) is 13.8 Å². The van der Waals surface area contributed by atoms with E-state index < -0.39 is 23.8 Å². The zero-order chi connectivity index (χ0) is 31.1. The first-order valence-electron chi connectivity index (χ1n) is 13.8. The van der Waals surface area contributed by atoms with Gasteiger partial charge in [-0.3, -0.25) is 9.59 Å². The van der Waals surface area contributed by atoms with Gasteiger partial charge in [0.05, 0.1) is 13.2 Å². The van der Waals surface area contributed by atoms with E-state index in [2.05, 4.69) is 10.6 Å². The van der Waals surface area contributed by atoms with Crippen LogP contribution >= 0.6 is 22.7 Å². The number of amides is 2. The Labute approximate surface area is 262 Å². The predicted octanol–water partition coefficient (Wildman–Crippen LogP) is 8.00. The van der Waals surface area contributed by atoms with Crippen molar-refractivity contribution in [1.29, 1.82) is 0 Å². The molecule has 0 aliphatic rings. The molecule has 0 aliphatic carbocycles. The average molecular weight is 625 g/mol. The highest BCUT2D eigenvalue weighted by atomic mass is 32.1. The van der Waals surface area contributed by atoms with Crippen molar-refractivity contribution in [2.24, 2.45) is 0 Å². The van der Waals surface area contributed by atoms with E-state index in [-0.39, 0.29) is 24.3 Å². The Hall–Kier alpha value is -5.06. The van der Waals surface area contributed by atoms with Gasteiger partial charge in [-0.2, -0.15) is 0 Å². The van der Waals surface area contributed by atoms with Crippen molar-refractivity contribution >= 4 is 56.4 Å². The van der Waals surface area contributed by atoms with Gasteiger partial charge in [-0.1, -0.05) is 60.7 Å². The van der Waals surface area contributed by atoms with Gasteiger partial charge in [-0.05, 0) is 49.2 Å². The first-order valence-corrected chi connectivity index (χ1v) is 15.6.